The molecule has 1 heterocycles. The van der Waals surface area contributed by atoms with E-state index in [-0.39, 0.29) is 5.69 Å². The van der Waals surface area contributed by atoms with Crippen LogP contribution in [0.15, 0.2) is 18.2 Å². The van der Waals surface area contributed by atoms with E-state index >= 15 is 0 Å². The van der Waals surface area contributed by atoms with E-state index in [0.29, 0.717) is 5.69 Å². The van der Waals surface area contributed by atoms with Crippen molar-refractivity contribution in [1.82, 2.24) is 4.98 Å². The second kappa shape index (κ2) is 3.54. The number of ether oxygens (including phenoxy) is 1. The Labute approximate surface area is 70.4 Å². The van der Waals surface area contributed by atoms with Gasteiger partial charge in [0.25, 0.3) is 0 Å². The lowest BCUT2D eigenvalue weighted by atomic mass is 10.3. The van der Waals surface area contributed by atoms with Gasteiger partial charge in [-0.2, -0.15) is 0 Å². The van der Waals surface area contributed by atoms with Gasteiger partial charge < -0.3 is 4.74 Å². The molecule has 0 atom stereocenters. The van der Waals surface area contributed by atoms with Crippen molar-refractivity contribution in [3.8, 4) is 12.3 Å². The molecule has 0 bridgehead atoms. The Morgan fingerprint density at radius 3 is 3.00 bits per heavy atom. The minimum Gasteiger partial charge on any atom is -0.464 e. The first-order valence-corrected chi connectivity index (χ1v) is 3.30. The molecule has 0 aromatic carbocycles. The standard InChI is InChI=1S/C9H7NO2/c1-3-7-5-4-6-8(10-7)9(11)12-2/h1,4-6H,2H3. The normalized spacial score (nSPS) is 8.67. The average molecular weight is 161 g/mol. The van der Waals surface area contributed by atoms with Gasteiger partial charge in [0.15, 0.2) is 0 Å². The van der Waals surface area contributed by atoms with E-state index in [4.69, 9.17) is 6.42 Å². The van der Waals surface area contributed by atoms with Crippen molar-refractivity contribution in [3.05, 3.63) is 29.6 Å². The highest BCUT2D eigenvalue weighted by Gasteiger charge is 2.05. The maximum absolute atomic E-state index is 10.9. The molecule has 0 aliphatic heterocycles. The lowest BCUT2D eigenvalue weighted by molar-refractivity contribution is 0.0594. The summed E-state index contributed by atoms with van der Waals surface area (Å²) in [5.41, 5.74) is 0.658. The molecule has 0 saturated carbocycles. The topological polar surface area (TPSA) is 39.2 Å². The van der Waals surface area contributed by atoms with Gasteiger partial charge in [0.2, 0.25) is 0 Å². The summed E-state index contributed by atoms with van der Waals surface area (Å²) in [6.07, 6.45) is 5.10. The highest BCUT2D eigenvalue weighted by Crippen LogP contribution is 1.99. The van der Waals surface area contributed by atoms with Crippen LogP contribution in [0.1, 0.15) is 16.2 Å². The molecule has 12 heavy (non-hydrogen) atoms. The van der Waals surface area contributed by atoms with Crippen molar-refractivity contribution < 1.29 is 9.53 Å². The summed E-state index contributed by atoms with van der Waals surface area (Å²) < 4.78 is 4.47. The van der Waals surface area contributed by atoms with Gasteiger partial charge in [-0.3, -0.25) is 0 Å². The monoisotopic (exact) mass is 161 g/mol. The third-order valence-corrected chi connectivity index (χ3v) is 1.29. The third kappa shape index (κ3) is 1.61. The zero-order valence-electron chi connectivity index (χ0n) is 6.57. The number of methoxy groups -OCH3 is 1. The summed E-state index contributed by atoms with van der Waals surface area (Å²) in [7, 11) is 1.30. The zero-order valence-corrected chi connectivity index (χ0v) is 6.57. The number of carbonyl (C=O) groups is 1. The number of terminal acetylenes is 1. The van der Waals surface area contributed by atoms with E-state index in [0.717, 1.165) is 0 Å². The van der Waals surface area contributed by atoms with Crippen molar-refractivity contribution in [2.24, 2.45) is 0 Å². The molecule has 0 spiro atoms. The van der Waals surface area contributed by atoms with Crippen molar-refractivity contribution in [1.29, 1.82) is 0 Å². The molecule has 0 N–H and O–H groups in total. The maximum atomic E-state index is 10.9. The Balaban J connectivity index is 3.04. The number of rotatable bonds is 1. The predicted octanol–water partition coefficient (Wildman–Crippen LogP) is 0.849. The fourth-order valence-corrected chi connectivity index (χ4v) is 0.733. The van der Waals surface area contributed by atoms with Crippen molar-refractivity contribution in [2.45, 2.75) is 0 Å². The van der Waals surface area contributed by atoms with Crippen LogP contribution in [0.3, 0.4) is 0 Å². The van der Waals surface area contributed by atoms with Gasteiger partial charge in [0.05, 0.1) is 7.11 Å². The minimum atomic E-state index is -0.480. The van der Waals surface area contributed by atoms with Gasteiger partial charge in [-0.15, -0.1) is 6.42 Å². The number of nitrogens with zero attached hydrogens (tertiary/aromatic N) is 1. The Bertz CT molecular complexity index is 339. The summed E-state index contributed by atoms with van der Waals surface area (Å²) in [4.78, 5) is 14.8. The Morgan fingerprint density at radius 1 is 1.67 bits per heavy atom. The first-order valence-electron chi connectivity index (χ1n) is 3.30. The summed E-state index contributed by atoms with van der Waals surface area (Å²) in [5.74, 6) is 1.85. The van der Waals surface area contributed by atoms with Crippen LogP contribution in [0.5, 0.6) is 0 Å². The van der Waals surface area contributed by atoms with Crippen LogP contribution < -0.4 is 0 Å². The van der Waals surface area contributed by atoms with E-state index < -0.39 is 5.97 Å². The summed E-state index contributed by atoms with van der Waals surface area (Å²) in [6, 6.07) is 4.85. The molecular weight excluding hydrogens is 154 g/mol. The Hall–Kier alpha value is -1.82. The van der Waals surface area contributed by atoms with E-state index in [1.54, 1.807) is 18.2 Å². The number of aromatic nitrogens is 1. The fourth-order valence-electron chi connectivity index (χ4n) is 0.733. The molecule has 0 unspecified atom stereocenters. The number of pyridine rings is 1. The largest absolute Gasteiger partial charge is 0.464 e. The van der Waals surface area contributed by atoms with Crippen LogP contribution in [0.4, 0.5) is 0 Å². The van der Waals surface area contributed by atoms with Gasteiger partial charge in [-0.05, 0) is 12.1 Å². The van der Waals surface area contributed by atoms with Crippen LogP contribution in [0, 0.1) is 12.3 Å². The highest BCUT2D eigenvalue weighted by molar-refractivity contribution is 5.87. The number of carbonyl (C=O) groups excluding carboxylic acids is 1. The molecule has 1 aromatic heterocycles. The summed E-state index contributed by atoms with van der Waals surface area (Å²) >= 11 is 0. The molecule has 0 aliphatic carbocycles. The smallest absolute Gasteiger partial charge is 0.356 e. The summed E-state index contributed by atoms with van der Waals surface area (Å²) in [5, 5.41) is 0. The quantitative estimate of drug-likeness (QED) is 0.452. The van der Waals surface area contributed by atoms with E-state index in [2.05, 4.69) is 15.6 Å². The summed E-state index contributed by atoms with van der Waals surface area (Å²) in [6.45, 7) is 0. The van der Waals surface area contributed by atoms with Gasteiger partial charge in [0, 0.05) is 0 Å². The second-order valence-corrected chi connectivity index (χ2v) is 2.04. The number of hydrogen-bond donors (Lipinski definition) is 0. The van der Waals surface area contributed by atoms with Crippen LogP contribution >= 0.6 is 0 Å². The second-order valence-electron chi connectivity index (χ2n) is 2.04. The molecule has 0 fully saturated rings. The molecule has 3 heteroatoms. The molecule has 0 saturated heterocycles. The van der Waals surface area contributed by atoms with Gasteiger partial charge in [-0.1, -0.05) is 12.0 Å². The molecule has 0 radical (unpaired) electrons. The van der Waals surface area contributed by atoms with Crippen molar-refractivity contribution >= 4 is 5.97 Å². The number of esters is 1. The van der Waals surface area contributed by atoms with Crippen molar-refractivity contribution in [3.63, 3.8) is 0 Å². The molecular formula is C9H7NO2. The van der Waals surface area contributed by atoms with Gasteiger partial charge in [0.1, 0.15) is 11.4 Å². The number of hydrogen-bond acceptors (Lipinski definition) is 3. The molecule has 1 aromatic rings. The molecule has 60 valence electrons. The lowest BCUT2D eigenvalue weighted by Crippen LogP contribution is -2.04. The molecule has 3 nitrogen and oxygen atoms in total. The first-order chi connectivity index (χ1) is 5.77. The predicted molar refractivity (Wildman–Crippen MR) is 43.5 cm³/mol. The van der Waals surface area contributed by atoms with Crippen LogP contribution in [0.25, 0.3) is 0 Å². The van der Waals surface area contributed by atoms with Gasteiger partial charge in [-0.25, -0.2) is 9.78 Å². The molecule has 0 aliphatic rings. The minimum absolute atomic E-state index is 0.230. The average Bonchev–Trinajstić information content (AvgIpc) is 2.17. The van der Waals surface area contributed by atoms with E-state index in [9.17, 15) is 4.79 Å². The zero-order chi connectivity index (χ0) is 8.97. The fraction of sp³-hybridized carbons (Fsp3) is 0.111. The highest BCUT2D eigenvalue weighted by atomic mass is 16.5. The third-order valence-electron chi connectivity index (χ3n) is 1.29. The van der Waals surface area contributed by atoms with E-state index in [1.165, 1.54) is 7.11 Å². The van der Waals surface area contributed by atoms with Crippen LogP contribution in [-0.2, 0) is 4.74 Å². The SMILES string of the molecule is C#Cc1cccc(C(=O)OC)n1. The van der Waals surface area contributed by atoms with Crippen molar-refractivity contribution in [2.75, 3.05) is 7.11 Å². The lowest BCUT2D eigenvalue weighted by Gasteiger charge is -1.97. The molecule has 0 amide bonds. The van der Waals surface area contributed by atoms with E-state index in [1.807, 2.05) is 0 Å². The maximum Gasteiger partial charge on any atom is 0.356 e. The van der Waals surface area contributed by atoms with Gasteiger partial charge >= 0.3 is 5.97 Å². The van der Waals surface area contributed by atoms with Crippen LogP contribution in [-0.4, -0.2) is 18.1 Å². The Morgan fingerprint density at radius 2 is 2.42 bits per heavy atom. The molecule has 1 rings (SSSR count). The van der Waals surface area contributed by atoms with Crippen LogP contribution in [0.2, 0.25) is 0 Å². The first kappa shape index (κ1) is 8.28. The Kier molecular flexibility index (Phi) is 2.44.